The van der Waals surface area contributed by atoms with Crippen LogP contribution in [0.5, 0.6) is 0 Å². The number of furan rings is 1. The van der Waals surface area contributed by atoms with E-state index >= 15 is 0 Å². The third-order valence-corrected chi connectivity index (χ3v) is 12.9. The highest BCUT2D eigenvalue weighted by Crippen LogP contribution is 2.54. The molecule has 0 saturated heterocycles. The zero-order valence-corrected chi connectivity index (χ0v) is 31.5. The van der Waals surface area contributed by atoms with E-state index in [1.54, 1.807) is 0 Å². The zero-order valence-electron chi connectivity index (χ0n) is 31.5. The molecule has 0 fully saturated rings. The van der Waals surface area contributed by atoms with Gasteiger partial charge in [0, 0.05) is 21.6 Å². The third-order valence-electron chi connectivity index (χ3n) is 12.9. The Labute approximate surface area is 325 Å². The van der Waals surface area contributed by atoms with Gasteiger partial charge in [0.05, 0.1) is 0 Å². The monoisotopic (exact) mass is 714 g/mol. The molecule has 9 aromatic carbocycles. The molecule has 1 aromatic heterocycles. The predicted molar refractivity (Wildman–Crippen MR) is 239 cm³/mol. The van der Waals surface area contributed by atoms with Crippen molar-refractivity contribution in [1.29, 1.82) is 0 Å². The summed E-state index contributed by atoms with van der Waals surface area (Å²) in [5, 5.41) is 12.5. The van der Waals surface area contributed by atoms with E-state index < -0.39 is 0 Å². The lowest BCUT2D eigenvalue weighted by Gasteiger charge is -2.23. The van der Waals surface area contributed by atoms with Gasteiger partial charge in [0.1, 0.15) is 11.2 Å². The normalized spacial score (nSPS) is 14.6. The Morgan fingerprint density at radius 2 is 1.04 bits per heavy atom. The first kappa shape index (κ1) is 31.6. The molecule has 1 nitrogen and oxygen atoms in total. The average molecular weight is 715 g/mol. The van der Waals surface area contributed by atoms with Crippen molar-refractivity contribution in [2.75, 3.05) is 0 Å². The molecular weight excluding hydrogens is 677 g/mol. The first-order valence-corrected chi connectivity index (χ1v) is 19.9. The Morgan fingerprint density at radius 3 is 1.75 bits per heavy atom. The minimum atomic E-state index is -0.173. The van der Waals surface area contributed by atoms with E-state index in [9.17, 15) is 0 Å². The molecule has 0 spiro atoms. The predicted octanol–water partition coefficient (Wildman–Crippen LogP) is 15.6. The Kier molecular flexibility index (Phi) is 6.58. The highest BCUT2D eigenvalue weighted by Gasteiger charge is 2.37. The molecule has 0 atom stereocenters. The number of hydrogen-bond acceptors (Lipinski definition) is 1. The number of fused-ring (bicyclic) bond motifs is 12. The van der Waals surface area contributed by atoms with E-state index in [1.807, 2.05) is 0 Å². The molecule has 0 unspecified atom stereocenters. The van der Waals surface area contributed by atoms with E-state index in [4.69, 9.17) is 4.42 Å². The quantitative estimate of drug-likeness (QED) is 0.166. The lowest BCUT2D eigenvalue weighted by molar-refractivity contribution is 0.665. The number of allylic oxidation sites excluding steroid dienone is 4. The summed E-state index contributed by atoms with van der Waals surface area (Å²) in [6, 6.07) is 56.7. The summed E-state index contributed by atoms with van der Waals surface area (Å²) in [5.41, 5.74) is 15.0. The molecule has 10 aromatic rings. The van der Waals surface area contributed by atoms with Gasteiger partial charge in [-0.3, -0.25) is 0 Å². The molecule has 264 valence electrons. The lowest BCUT2D eigenvalue weighted by atomic mass is 9.79. The topological polar surface area (TPSA) is 13.1 Å². The number of benzene rings is 9. The lowest BCUT2D eigenvalue weighted by Crippen LogP contribution is -2.15. The van der Waals surface area contributed by atoms with Gasteiger partial charge in [-0.2, -0.15) is 0 Å². The van der Waals surface area contributed by atoms with E-state index in [1.165, 1.54) is 110 Å². The molecule has 2 aliphatic carbocycles. The van der Waals surface area contributed by atoms with Gasteiger partial charge in [-0.1, -0.05) is 159 Å². The van der Waals surface area contributed by atoms with E-state index in [-0.39, 0.29) is 5.41 Å². The third kappa shape index (κ3) is 4.31. The minimum Gasteiger partial charge on any atom is -0.455 e. The van der Waals surface area contributed by atoms with Gasteiger partial charge < -0.3 is 4.42 Å². The molecule has 1 heteroatoms. The first-order chi connectivity index (χ1) is 27.6. The average Bonchev–Trinajstić information content (AvgIpc) is 3.74. The van der Waals surface area contributed by atoms with Crippen LogP contribution in [0.1, 0.15) is 43.4 Å². The SMILES string of the molecule is CC1(C)c2ccc(-c3c4ccccc4c(-c4ccc(C5=CC=CCC5)c5ccccc45)c4ccccc34)cc2-c2ccc3c(ccc4c5ccccc5oc34)c21. The fourth-order valence-electron chi connectivity index (χ4n) is 10.4. The fraction of sp³-hybridized carbons (Fsp3) is 0.0909. The van der Waals surface area contributed by atoms with Crippen LogP contribution in [0.15, 0.2) is 174 Å². The molecule has 0 saturated carbocycles. The Hall–Kier alpha value is -6.70. The van der Waals surface area contributed by atoms with E-state index in [0.717, 1.165) is 24.0 Å². The van der Waals surface area contributed by atoms with Crippen molar-refractivity contribution in [2.24, 2.45) is 0 Å². The molecule has 12 rings (SSSR count). The van der Waals surface area contributed by atoms with Crippen molar-refractivity contribution in [3.63, 3.8) is 0 Å². The highest BCUT2D eigenvalue weighted by molar-refractivity contribution is 6.24. The van der Waals surface area contributed by atoms with Gasteiger partial charge in [0.25, 0.3) is 0 Å². The van der Waals surface area contributed by atoms with Gasteiger partial charge in [-0.15, -0.1) is 0 Å². The maximum absolute atomic E-state index is 6.52. The summed E-state index contributed by atoms with van der Waals surface area (Å²) in [6.45, 7) is 4.77. The maximum Gasteiger partial charge on any atom is 0.143 e. The summed E-state index contributed by atoms with van der Waals surface area (Å²) in [6.07, 6.45) is 8.93. The number of rotatable bonds is 3. The second-order valence-corrected chi connectivity index (χ2v) is 16.2. The molecule has 0 radical (unpaired) electrons. The van der Waals surface area contributed by atoms with Crippen molar-refractivity contribution >= 4 is 70.6 Å². The van der Waals surface area contributed by atoms with Crippen molar-refractivity contribution in [3.05, 3.63) is 187 Å². The van der Waals surface area contributed by atoms with Crippen molar-refractivity contribution in [2.45, 2.75) is 32.1 Å². The fourth-order valence-corrected chi connectivity index (χ4v) is 10.4. The molecule has 1 heterocycles. The van der Waals surface area contributed by atoms with Crippen LogP contribution in [0.4, 0.5) is 0 Å². The van der Waals surface area contributed by atoms with Crippen LogP contribution in [0.2, 0.25) is 0 Å². The van der Waals surface area contributed by atoms with Gasteiger partial charge in [-0.05, 0) is 130 Å². The van der Waals surface area contributed by atoms with Crippen LogP contribution < -0.4 is 0 Å². The van der Waals surface area contributed by atoms with Gasteiger partial charge in [0.2, 0.25) is 0 Å². The maximum atomic E-state index is 6.52. The molecule has 0 bridgehead atoms. The van der Waals surface area contributed by atoms with E-state index in [2.05, 4.69) is 184 Å². The van der Waals surface area contributed by atoms with Crippen LogP contribution in [-0.2, 0) is 5.41 Å². The highest BCUT2D eigenvalue weighted by atomic mass is 16.3. The Bertz CT molecular complexity index is 3330. The first-order valence-electron chi connectivity index (χ1n) is 19.9. The zero-order chi connectivity index (χ0) is 37.1. The van der Waals surface area contributed by atoms with Crippen molar-refractivity contribution in [1.82, 2.24) is 0 Å². The van der Waals surface area contributed by atoms with Crippen LogP contribution in [-0.4, -0.2) is 0 Å². The summed E-state index contributed by atoms with van der Waals surface area (Å²) >= 11 is 0. The smallest absolute Gasteiger partial charge is 0.143 e. The molecule has 56 heavy (non-hydrogen) atoms. The Balaban J connectivity index is 1.09. The van der Waals surface area contributed by atoms with Crippen molar-refractivity contribution in [3.8, 4) is 33.4 Å². The second-order valence-electron chi connectivity index (χ2n) is 16.2. The van der Waals surface area contributed by atoms with Crippen LogP contribution in [0, 0.1) is 0 Å². The molecular formula is C55H38O. The minimum absolute atomic E-state index is 0.173. The standard InChI is InChI=1S/C55H38O/c1-55(2)49-31-24-34(32-48(49)45-28-30-47-44(53(45)55)27-29-46-38-18-12-13-23-50(38)56-54(46)47)51-39-19-8-10-21-41(39)52(42-22-11-9-20-40(42)51)43-26-25-35(33-14-4-3-5-15-33)36-16-6-7-17-37(36)43/h3-4,6-14,16-32H,5,15H2,1-2H3. The van der Waals surface area contributed by atoms with Crippen LogP contribution in [0.3, 0.4) is 0 Å². The largest absolute Gasteiger partial charge is 0.455 e. The molecule has 0 N–H and O–H groups in total. The summed E-state index contributed by atoms with van der Waals surface area (Å²) in [7, 11) is 0. The number of hydrogen-bond donors (Lipinski definition) is 0. The number of para-hydroxylation sites is 1. The summed E-state index contributed by atoms with van der Waals surface area (Å²) in [5.74, 6) is 0. The molecule has 2 aliphatic rings. The van der Waals surface area contributed by atoms with Gasteiger partial charge >= 0.3 is 0 Å². The van der Waals surface area contributed by atoms with Gasteiger partial charge in [0.15, 0.2) is 0 Å². The second kappa shape index (κ2) is 11.7. The van der Waals surface area contributed by atoms with Gasteiger partial charge in [-0.25, -0.2) is 0 Å². The van der Waals surface area contributed by atoms with E-state index in [0.29, 0.717) is 0 Å². The molecule has 0 amide bonds. The Morgan fingerprint density at radius 1 is 0.464 bits per heavy atom. The molecule has 0 aliphatic heterocycles. The summed E-state index contributed by atoms with van der Waals surface area (Å²) in [4.78, 5) is 0. The van der Waals surface area contributed by atoms with Crippen LogP contribution in [0.25, 0.3) is 104 Å². The summed E-state index contributed by atoms with van der Waals surface area (Å²) < 4.78 is 6.52. The van der Waals surface area contributed by atoms with Crippen molar-refractivity contribution < 1.29 is 4.42 Å². The van der Waals surface area contributed by atoms with Crippen LogP contribution >= 0.6 is 0 Å².